The Morgan fingerprint density at radius 2 is 2.04 bits per heavy atom. The van der Waals surface area contributed by atoms with Gasteiger partial charge >= 0.3 is 5.97 Å². The molecule has 2 aromatic rings. The molecule has 1 aromatic heterocycles. The number of carboxylic acid groups (broad SMARTS) is 1. The van der Waals surface area contributed by atoms with E-state index in [2.05, 4.69) is 5.10 Å². The number of methoxy groups -OCH3 is 1. The minimum absolute atomic E-state index is 0.0847. The molecule has 0 saturated heterocycles. The Bertz CT molecular complexity index is 770. The zero-order chi connectivity index (χ0) is 17.7. The summed E-state index contributed by atoms with van der Waals surface area (Å²) in [6, 6.07) is 5.86. The second-order valence-electron chi connectivity index (χ2n) is 5.19. The molecule has 0 bridgehead atoms. The number of nitrogens with zero attached hydrogens (tertiary/aromatic N) is 2. The van der Waals surface area contributed by atoms with E-state index >= 15 is 0 Å². The van der Waals surface area contributed by atoms with Crippen molar-refractivity contribution in [1.82, 2.24) is 9.78 Å². The highest BCUT2D eigenvalue weighted by Crippen LogP contribution is 2.25. The first-order valence-corrected chi connectivity index (χ1v) is 7.30. The van der Waals surface area contributed by atoms with Crippen LogP contribution < -0.4 is 16.0 Å². The summed E-state index contributed by atoms with van der Waals surface area (Å²) >= 11 is 0. The number of benzene rings is 1. The van der Waals surface area contributed by atoms with Crippen LogP contribution in [0.5, 0.6) is 5.75 Å². The first-order valence-electron chi connectivity index (χ1n) is 7.30. The molecule has 4 N–H and O–H groups in total. The van der Waals surface area contributed by atoms with Crippen molar-refractivity contribution in [2.45, 2.75) is 19.0 Å². The molecular weight excluding hydrogens is 314 g/mol. The van der Waals surface area contributed by atoms with E-state index in [9.17, 15) is 9.59 Å². The van der Waals surface area contributed by atoms with Gasteiger partial charge in [0.05, 0.1) is 32.0 Å². The van der Waals surface area contributed by atoms with E-state index in [1.165, 1.54) is 13.3 Å². The predicted octanol–water partition coefficient (Wildman–Crippen LogP) is -0.134. The van der Waals surface area contributed by atoms with E-state index < -0.39 is 12.0 Å². The summed E-state index contributed by atoms with van der Waals surface area (Å²) in [6.07, 6.45) is 1.61. The van der Waals surface area contributed by atoms with Gasteiger partial charge in [-0.3, -0.25) is 9.59 Å². The van der Waals surface area contributed by atoms with Gasteiger partial charge in [0.2, 0.25) is 0 Å². The van der Waals surface area contributed by atoms with Crippen molar-refractivity contribution < 1.29 is 19.7 Å². The topological polar surface area (TPSA) is 128 Å². The lowest BCUT2D eigenvalue weighted by atomic mass is 10.0. The lowest BCUT2D eigenvalue weighted by molar-refractivity contribution is -0.138. The summed E-state index contributed by atoms with van der Waals surface area (Å²) in [5.74, 6) is -0.744. The zero-order valence-electron chi connectivity index (χ0n) is 13.2. The number of nitrogens with two attached hydrogens (primary N) is 1. The number of aliphatic hydroxyl groups excluding tert-OH is 1. The van der Waals surface area contributed by atoms with E-state index in [1.54, 1.807) is 24.3 Å². The number of hydrogen-bond acceptors (Lipinski definition) is 6. The molecule has 0 aliphatic rings. The lowest BCUT2D eigenvalue weighted by Crippen LogP contribution is -2.32. The van der Waals surface area contributed by atoms with E-state index in [0.717, 1.165) is 10.2 Å². The number of aromatic nitrogens is 2. The average molecular weight is 333 g/mol. The van der Waals surface area contributed by atoms with Crippen LogP contribution in [-0.2, 0) is 17.8 Å². The molecule has 1 atom stereocenters. The minimum atomic E-state index is -1.07. The first kappa shape index (κ1) is 17.6. The molecule has 0 saturated carbocycles. The maximum atomic E-state index is 12.5. The number of ether oxygens (including phenoxy) is 1. The second-order valence-corrected chi connectivity index (χ2v) is 5.19. The van der Waals surface area contributed by atoms with Gasteiger partial charge in [-0.2, -0.15) is 5.10 Å². The second kappa shape index (κ2) is 7.71. The summed E-state index contributed by atoms with van der Waals surface area (Å²) < 4.78 is 6.36. The molecule has 2 rings (SSSR count). The molecule has 8 heteroatoms. The van der Waals surface area contributed by atoms with Crippen LogP contribution >= 0.6 is 0 Å². The Kier molecular flexibility index (Phi) is 5.67. The molecule has 0 aliphatic carbocycles. The van der Waals surface area contributed by atoms with Gasteiger partial charge in [0.25, 0.3) is 5.56 Å². The largest absolute Gasteiger partial charge is 0.494 e. The number of hydrogen-bond donors (Lipinski definition) is 3. The van der Waals surface area contributed by atoms with Gasteiger partial charge in [0, 0.05) is 0 Å². The molecule has 128 valence electrons. The monoisotopic (exact) mass is 333 g/mol. The van der Waals surface area contributed by atoms with Gasteiger partial charge in [0.1, 0.15) is 6.04 Å². The Morgan fingerprint density at radius 3 is 2.58 bits per heavy atom. The fraction of sp³-hybridized carbons (Fsp3) is 0.312. The molecule has 0 amide bonds. The third kappa shape index (κ3) is 3.79. The van der Waals surface area contributed by atoms with Gasteiger partial charge < -0.3 is 20.7 Å². The number of carboxylic acids is 1. The van der Waals surface area contributed by atoms with Crippen molar-refractivity contribution >= 4 is 5.97 Å². The van der Waals surface area contributed by atoms with Crippen LogP contribution in [0.2, 0.25) is 0 Å². The van der Waals surface area contributed by atoms with Crippen LogP contribution in [0.1, 0.15) is 5.56 Å². The van der Waals surface area contributed by atoms with Crippen LogP contribution in [0.25, 0.3) is 11.1 Å². The third-order valence-electron chi connectivity index (χ3n) is 3.56. The maximum absolute atomic E-state index is 12.5. The highest BCUT2D eigenvalue weighted by molar-refractivity contribution is 5.74. The van der Waals surface area contributed by atoms with E-state index in [0.29, 0.717) is 16.9 Å². The number of aliphatic carboxylic acids is 1. The van der Waals surface area contributed by atoms with Gasteiger partial charge in [-0.15, -0.1) is 0 Å². The Balaban J connectivity index is 2.39. The molecule has 24 heavy (non-hydrogen) atoms. The van der Waals surface area contributed by atoms with Crippen LogP contribution in [-0.4, -0.2) is 45.7 Å². The molecule has 0 radical (unpaired) electrons. The summed E-state index contributed by atoms with van der Waals surface area (Å²) in [5, 5.41) is 21.8. The Morgan fingerprint density at radius 1 is 1.38 bits per heavy atom. The van der Waals surface area contributed by atoms with Crippen molar-refractivity contribution in [2.75, 3.05) is 13.7 Å². The van der Waals surface area contributed by atoms with Crippen molar-refractivity contribution in [3.63, 3.8) is 0 Å². The van der Waals surface area contributed by atoms with Crippen LogP contribution in [0.4, 0.5) is 0 Å². The third-order valence-corrected chi connectivity index (χ3v) is 3.56. The summed E-state index contributed by atoms with van der Waals surface area (Å²) in [5.41, 5.74) is 6.83. The average Bonchev–Trinajstić information content (AvgIpc) is 2.57. The predicted molar refractivity (Wildman–Crippen MR) is 86.9 cm³/mol. The Hall–Kier alpha value is -2.71. The summed E-state index contributed by atoms with van der Waals surface area (Å²) in [6.45, 7) is -0.119. The molecule has 0 aliphatic heterocycles. The fourth-order valence-corrected chi connectivity index (χ4v) is 2.30. The summed E-state index contributed by atoms with van der Waals surface area (Å²) in [4.78, 5) is 23.3. The highest BCUT2D eigenvalue weighted by atomic mass is 16.5. The first-order chi connectivity index (χ1) is 11.5. The van der Waals surface area contributed by atoms with Gasteiger partial charge in [-0.1, -0.05) is 24.3 Å². The molecule has 0 spiro atoms. The van der Waals surface area contributed by atoms with E-state index in [4.69, 9.17) is 20.7 Å². The minimum Gasteiger partial charge on any atom is -0.494 e. The maximum Gasteiger partial charge on any atom is 0.320 e. The number of carbonyl (C=O) groups is 1. The molecule has 1 aromatic carbocycles. The Labute approximate surface area is 138 Å². The number of aliphatic hydroxyl groups is 1. The SMILES string of the molecule is COc1cnn(CCO)c(=O)c1-c1ccc(C[C@H](N)C(=O)O)cc1. The quantitative estimate of drug-likeness (QED) is 0.643. The van der Waals surface area contributed by atoms with Crippen molar-refractivity contribution in [1.29, 1.82) is 0 Å². The highest BCUT2D eigenvalue weighted by Gasteiger charge is 2.15. The van der Waals surface area contributed by atoms with Gasteiger partial charge in [-0.05, 0) is 17.5 Å². The molecule has 0 unspecified atom stereocenters. The van der Waals surface area contributed by atoms with Gasteiger partial charge in [0.15, 0.2) is 5.75 Å². The lowest BCUT2D eigenvalue weighted by Gasteiger charge is -2.11. The van der Waals surface area contributed by atoms with E-state index in [1.807, 2.05) is 0 Å². The fourth-order valence-electron chi connectivity index (χ4n) is 2.30. The smallest absolute Gasteiger partial charge is 0.320 e. The molecule has 0 fully saturated rings. The van der Waals surface area contributed by atoms with Crippen LogP contribution in [0.15, 0.2) is 35.3 Å². The summed E-state index contributed by atoms with van der Waals surface area (Å²) in [7, 11) is 1.44. The van der Waals surface area contributed by atoms with Crippen molar-refractivity contribution in [3.05, 3.63) is 46.4 Å². The molecule has 8 nitrogen and oxygen atoms in total. The molecular formula is C16H19N3O5. The number of rotatable bonds is 7. The van der Waals surface area contributed by atoms with Crippen LogP contribution in [0.3, 0.4) is 0 Å². The van der Waals surface area contributed by atoms with Crippen molar-refractivity contribution in [2.24, 2.45) is 5.73 Å². The van der Waals surface area contributed by atoms with Crippen LogP contribution in [0, 0.1) is 0 Å². The normalized spacial score (nSPS) is 12.0. The molecule has 1 heterocycles. The van der Waals surface area contributed by atoms with E-state index in [-0.39, 0.29) is 25.1 Å². The standard InChI is InChI=1S/C16H19N3O5/c1-24-13-9-18-19(6-7-20)15(21)14(13)11-4-2-10(3-5-11)8-12(17)16(22)23/h2-5,9,12,20H,6-8,17H2,1H3,(H,22,23)/t12-/m0/s1. The zero-order valence-corrected chi connectivity index (χ0v) is 13.2. The van der Waals surface area contributed by atoms with Gasteiger partial charge in [-0.25, -0.2) is 4.68 Å². The van der Waals surface area contributed by atoms with Crippen molar-refractivity contribution in [3.8, 4) is 16.9 Å².